The molecule has 0 aromatic heterocycles. The van der Waals surface area contributed by atoms with Gasteiger partial charge in [-0.15, -0.1) is 11.8 Å². The van der Waals surface area contributed by atoms with Crippen LogP contribution in [0.3, 0.4) is 0 Å². The van der Waals surface area contributed by atoms with Crippen LogP contribution >= 0.6 is 23.4 Å². The van der Waals surface area contributed by atoms with Crippen LogP contribution in [0.25, 0.3) is 0 Å². The molecule has 0 radical (unpaired) electrons. The molecule has 1 heterocycles. The van der Waals surface area contributed by atoms with Gasteiger partial charge in [0, 0.05) is 47.5 Å². The van der Waals surface area contributed by atoms with Crippen molar-refractivity contribution < 1.29 is 4.79 Å². The lowest BCUT2D eigenvalue weighted by Gasteiger charge is -2.36. The number of likely N-dealkylation sites (N-methyl/N-ethyl adjacent to an activating group) is 1. The molecule has 2 aromatic carbocycles. The fraction of sp³-hybridized carbons (Fsp3) is 0.381. The first-order chi connectivity index (χ1) is 13.0. The van der Waals surface area contributed by atoms with Gasteiger partial charge in [0.1, 0.15) is 0 Å². The molecule has 0 aliphatic carbocycles. The van der Waals surface area contributed by atoms with E-state index in [0.29, 0.717) is 10.8 Å². The van der Waals surface area contributed by atoms with E-state index in [0.717, 1.165) is 43.3 Å². The van der Waals surface area contributed by atoms with Crippen LogP contribution in [-0.2, 0) is 4.79 Å². The Balaban J connectivity index is 1.54. The highest BCUT2D eigenvalue weighted by Gasteiger charge is 2.17. The van der Waals surface area contributed by atoms with E-state index in [4.69, 9.17) is 11.6 Å². The molecule has 1 aliphatic rings. The number of hydrogen-bond acceptors (Lipinski definition) is 4. The number of carbonyl (C=O) groups excluding carboxylic acids is 1. The summed E-state index contributed by atoms with van der Waals surface area (Å²) < 4.78 is 0. The summed E-state index contributed by atoms with van der Waals surface area (Å²) in [6.07, 6.45) is 0. The van der Waals surface area contributed by atoms with Gasteiger partial charge in [0.15, 0.2) is 0 Å². The second-order valence-corrected chi connectivity index (χ2v) is 8.20. The topological polar surface area (TPSA) is 35.6 Å². The van der Waals surface area contributed by atoms with E-state index in [-0.39, 0.29) is 5.91 Å². The first-order valence-electron chi connectivity index (χ1n) is 9.31. The maximum absolute atomic E-state index is 12.2. The molecule has 27 heavy (non-hydrogen) atoms. The Morgan fingerprint density at radius 2 is 1.81 bits per heavy atom. The zero-order chi connectivity index (χ0) is 19.2. The lowest BCUT2D eigenvalue weighted by molar-refractivity contribution is -0.113. The third kappa shape index (κ3) is 5.64. The van der Waals surface area contributed by atoms with Crippen LogP contribution in [0.15, 0.2) is 47.4 Å². The Hall–Kier alpha value is -1.69. The van der Waals surface area contributed by atoms with Gasteiger partial charge in [-0.1, -0.05) is 18.5 Å². The van der Waals surface area contributed by atoms with E-state index < -0.39 is 0 Å². The predicted molar refractivity (Wildman–Crippen MR) is 116 cm³/mol. The van der Waals surface area contributed by atoms with Crippen LogP contribution in [-0.4, -0.2) is 49.3 Å². The second kappa shape index (κ2) is 9.49. The molecule has 3 rings (SSSR count). The lowest BCUT2D eigenvalue weighted by atomic mass is 10.1. The zero-order valence-corrected chi connectivity index (χ0v) is 17.4. The number of benzene rings is 2. The zero-order valence-electron chi connectivity index (χ0n) is 15.9. The monoisotopic (exact) mass is 403 g/mol. The molecule has 0 spiro atoms. The first kappa shape index (κ1) is 20.1. The van der Waals surface area contributed by atoms with Gasteiger partial charge in [-0.3, -0.25) is 4.79 Å². The van der Waals surface area contributed by atoms with Crippen LogP contribution in [0.2, 0.25) is 5.02 Å². The Kier molecular flexibility index (Phi) is 7.05. The summed E-state index contributed by atoms with van der Waals surface area (Å²) in [7, 11) is 0. The van der Waals surface area contributed by atoms with Crippen LogP contribution < -0.4 is 10.2 Å². The van der Waals surface area contributed by atoms with Gasteiger partial charge in [0.2, 0.25) is 5.91 Å². The van der Waals surface area contributed by atoms with Crippen LogP contribution in [0.1, 0.15) is 12.5 Å². The lowest BCUT2D eigenvalue weighted by Crippen LogP contribution is -2.46. The van der Waals surface area contributed by atoms with Gasteiger partial charge >= 0.3 is 0 Å². The molecule has 0 bridgehead atoms. The van der Waals surface area contributed by atoms with E-state index in [2.05, 4.69) is 41.1 Å². The number of rotatable bonds is 6. The summed E-state index contributed by atoms with van der Waals surface area (Å²) in [5.74, 6) is 0.375. The molecule has 1 N–H and O–H groups in total. The van der Waals surface area contributed by atoms with Crippen LogP contribution in [0, 0.1) is 6.92 Å². The standard InChI is InChI=1S/C21H26ClN3OS/c1-3-24-10-12-25(13-11-24)20-9-6-18(14-16(20)2)23-21(26)15-27-19-7-4-17(22)5-8-19/h4-9,14H,3,10-13,15H2,1-2H3,(H,23,26). The summed E-state index contributed by atoms with van der Waals surface area (Å²) in [5, 5.41) is 3.70. The highest BCUT2D eigenvalue weighted by molar-refractivity contribution is 8.00. The SMILES string of the molecule is CCN1CCN(c2ccc(NC(=O)CSc3ccc(Cl)cc3)cc2C)CC1. The molecule has 1 saturated heterocycles. The van der Waals surface area contributed by atoms with E-state index in [9.17, 15) is 4.79 Å². The highest BCUT2D eigenvalue weighted by Crippen LogP contribution is 2.25. The first-order valence-corrected chi connectivity index (χ1v) is 10.7. The fourth-order valence-corrected chi connectivity index (χ4v) is 4.09. The smallest absolute Gasteiger partial charge is 0.234 e. The van der Waals surface area contributed by atoms with E-state index >= 15 is 0 Å². The molecule has 0 unspecified atom stereocenters. The van der Waals surface area contributed by atoms with Crippen molar-refractivity contribution in [2.75, 3.05) is 48.7 Å². The molecule has 4 nitrogen and oxygen atoms in total. The molecule has 6 heteroatoms. The van der Waals surface area contributed by atoms with E-state index in [1.165, 1.54) is 23.0 Å². The van der Waals surface area contributed by atoms with Crippen molar-refractivity contribution in [3.8, 4) is 0 Å². The van der Waals surface area contributed by atoms with E-state index in [1.54, 1.807) is 0 Å². The number of nitrogens with one attached hydrogen (secondary N) is 1. The van der Waals surface area contributed by atoms with Crippen molar-refractivity contribution in [2.45, 2.75) is 18.7 Å². The van der Waals surface area contributed by atoms with Gasteiger partial charge < -0.3 is 15.1 Å². The van der Waals surface area contributed by atoms with Crippen molar-refractivity contribution >= 4 is 40.6 Å². The molecule has 1 aliphatic heterocycles. The Labute approximate surface area is 170 Å². The molecular formula is C21H26ClN3OS. The molecule has 1 amide bonds. The Morgan fingerprint density at radius 3 is 2.44 bits per heavy atom. The third-order valence-corrected chi connectivity index (χ3v) is 6.09. The summed E-state index contributed by atoms with van der Waals surface area (Å²) >= 11 is 7.39. The normalized spacial score (nSPS) is 15.0. The number of nitrogens with zero attached hydrogens (tertiary/aromatic N) is 2. The average molecular weight is 404 g/mol. The number of hydrogen-bond donors (Lipinski definition) is 1. The summed E-state index contributed by atoms with van der Waals surface area (Å²) in [5.41, 5.74) is 3.31. The summed E-state index contributed by atoms with van der Waals surface area (Å²) in [6.45, 7) is 9.76. The molecule has 2 aromatic rings. The average Bonchev–Trinajstić information content (AvgIpc) is 2.68. The minimum absolute atomic E-state index is 0.00124. The minimum atomic E-state index is -0.00124. The molecule has 1 fully saturated rings. The minimum Gasteiger partial charge on any atom is -0.369 e. The molecule has 0 saturated carbocycles. The van der Waals surface area contributed by atoms with Crippen molar-refractivity contribution in [1.82, 2.24) is 4.90 Å². The number of carbonyl (C=O) groups is 1. The summed E-state index contributed by atoms with van der Waals surface area (Å²) in [4.78, 5) is 18.2. The highest BCUT2D eigenvalue weighted by atomic mass is 35.5. The Bertz CT molecular complexity index is 773. The maximum Gasteiger partial charge on any atom is 0.234 e. The summed E-state index contributed by atoms with van der Waals surface area (Å²) in [6, 6.07) is 13.7. The van der Waals surface area contributed by atoms with Gasteiger partial charge in [-0.05, 0) is 61.5 Å². The molecule has 144 valence electrons. The number of amides is 1. The van der Waals surface area contributed by atoms with Crippen LogP contribution in [0.5, 0.6) is 0 Å². The number of halogens is 1. The van der Waals surface area contributed by atoms with Gasteiger partial charge in [-0.2, -0.15) is 0 Å². The fourth-order valence-electron chi connectivity index (χ4n) is 3.27. The van der Waals surface area contributed by atoms with E-state index in [1.807, 2.05) is 30.3 Å². The number of aryl methyl sites for hydroxylation is 1. The Morgan fingerprint density at radius 1 is 1.11 bits per heavy atom. The number of anilines is 2. The van der Waals surface area contributed by atoms with Crippen molar-refractivity contribution in [1.29, 1.82) is 0 Å². The quantitative estimate of drug-likeness (QED) is 0.719. The largest absolute Gasteiger partial charge is 0.369 e. The van der Waals surface area contributed by atoms with Crippen molar-refractivity contribution in [2.24, 2.45) is 0 Å². The van der Waals surface area contributed by atoms with Gasteiger partial charge in [0.05, 0.1) is 5.75 Å². The molecular weight excluding hydrogens is 378 g/mol. The number of thioether (sulfide) groups is 1. The number of piperazine rings is 1. The van der Waals surface area contributed by atoms with Crippen molar-refractivity contribution in [3.63, 3.8) is 0 Å². The van der Waals surface area contributed by atoms with Gasteiger partial charge in [-0.25, -0.2) is 0 Å². The van der Waals surface area contributed by atoms with Gasteiger partial charge in [0.25, 0.3) is 0 Å². The van der Waals surface area contributed by atoms with Crippen molar-refractivity contribution in [3.05, 3.63) is 53.1 Å². The second-order valence-electron chi connectivity index (χ2n) is 6.71. The van der Waals surface area contributed by atoms with Crippen LogP contribution in [0.4, 0.5) is 11.4 Å². The maximum atomic E-state index is 12.2. The molecule has 0 atom stereocenters. The predicted octanol–water partition coefficient (Wildman–Crippen LogP) is 4.52. The third-order valence-electron chi connectivity index (χ3n) is 4.82.